The molecule has 2 aromatic carbocycles. The molecule has 1 saturated heterocycles. The van der Waals surface area contributed by atoms with Gasteiger partial charge in [-0.3, -0.25) is 24.5 Å². The minimum Gasteiger partial charge on any atom is -0.465 e. The summed E-state index contributed by atoms with van der Waals surface area (Å²) in [5.41, 5.74) is 7.68. The van der Waals surface area contributed by atoms with E-state index in [0.717, 1.165) is 58.2 Å². The third kappa shape index (κ3) is 9.92. The molecule has 22 heteroatoms. The molecule has 2 aromatic rings. The van der Waals surface area contributed by atoms with Crippen molar-refractivity contribution in [2.24, 2.45) is 5.11 Å². The minimum atomic E-state index is -5.04. The summed E-state index contributed by atoms with van der Waals surface area (Å²) >= 11 is 0. The summed E-state index contributed by atoms with van der Waals surface area (Å²) in [7, 11) is -4.17. The summed E-state index contributed by atoms with van der Waals surface area (Å²) in [5, 5.41) is 15.1. The van der Waals surface area contributed by atoms with Crippen molar-refractivity contribution in [1.29, 1.82) is 0 Å². The predicted octanol–water partition coefficient (Wildman–Crippen LogP) is 2.50. The number of carbonyl (C=O) groups excluding carboxylic acids is 4. The molecule has 1 aliphatic heterocycles. The standard InChI is InChI=1S/C29H31F2N5O14S/c1-15(37)47-21-12-29(28(40)45-4,46-14-18-8-7-9-19(30)24(18)31)50-27(26(49-17(3)39)22(13-33-35-32)48-16(2)38)25(21)34-51(43,44)23-11-6-5-10-20(23)36(41)42/h5-11,21-22,25-27,34H,12-14H2,1-4H3/t21-,22+,25+,26+,27+,29+/m0/s1. The van der Waals surface area contributed by atoms with E-state index < -0.39 is 122 Å². The highest BCUT2D eigenvalue weighted by Gasteiger charge is 2.60. The van der Waals surface area contributed by atoms with Crippen molar-refractivity contribution in [2.45, 2.75) is 74.9 Å². The van der Waals surface area contributed by atoms with Crippen molar-refractivity contribution < 1.29 is 69.7 Å². The number of halogens is 2. The maximum absolute atomic E-state index is 14.7. The Hall–Kier alpha value is -5.28. The van der Waals surface area contributed by atoms with Crippen LogP contribution in [0.3, 0.4) is 0 Å². The maximum Gasteiger partial charge on any atom is 0.366 e. The molecule has 1 N–H and O–H groups in total. The van der Waals surface area contributed by atoms with Gasteiger partial charge in [-0.1, -0.05) is 29.4 Å². The smallest absolute Gasteiger partial charge is 0.366 e. The van der Waals surface area contributed by atoms with Gasteiger partial charge in [0.05, 0.1) is 37.6 Å². The Morgan fingerprint density at radius 1 is 1.10 bits per heavy atom. The Morgan fingerprint density at radius 2 is 1.76 bits per heavy atom. The molecule has 1 aliphatic rings. The lowest BCUT2D eigenvalue weighted by atomic mass is 9.88. The van der Waals surface area contributed by atoms with Gasteiger partial charge < -0.3 is 28.4 Å². The molecule has 0 spiro atoms. The van der Waals surface area contributed by atoms with Crippen LogP contribution in [0.4, 0.5) is 14.5 Å². The van der Waals surface area contributed by atoms with Crippen LogP contribution in [0.25, 0.3) is 10.4 Å². The number of hydrogen-bond acceptors (Lipinski definition) is 15. The fourth-order valence-electron chi connectivity index (χ4n) is 5.14. The van der Waals surface area contributed by atoms with Gasteiger partial charge in [0.25, 0.3) is 11.5 Å². The highest BCUT2D eigenvalue weighted by Crippen LogP contribution is 2.39. The average molecular weight is 744 g/mol. The molecule has 0 aliphatic carbocycles. The number of benzene rings is 2. The molecule has 0 bridgehead atoms. The van der Waals surface area contributed by atoms with Crippen molar-refractivity contribution in [3.63, 3.8) is 0 Å². The third-order valence-electron chi connectivity index (χ3n) is 7.13. The molecular weight excluding hydrogens is 712 g/mol. The summed E-state index contributed by atoms with van der Waals surface area (Å²) in [6.45, 7) is 0.974. The lowest BCUT2D eigenvalue weighted by molar-refractivity contribution is -0.387. The van der Waals surface area contributed by atoms with Crippen LogP contribution < -0.4 is 4.72 Å². The quantitative estimate of drug-likeness (QED) is 0.0523. The van der Waals surface area contributed by atoms with Gasteiger partial charge >= 0.3 is 23.9 Å². The molecular formula is C29H31F2N5O14S. The lowest BCUT2D eigenvalue weighted by Gasteiger charge is -2.48. The number of carbonyl (C=O) groups is 4. The van der Waals surface area contributed by atoms with Gasteiger partial charge in [0, 0.05) is 37.3 Å². The van der Waals surface area contributed by atoms with Gasteiger partial charge in [-0.05, 0) is 17.7 Å². The normalized spacial score (nSPS) is 21.3. The number of para-hydroxylation sites is 1. The Kier molecular flexibility index (Phi) is 13.5. The number of ether oxygens (including phenoxy) is 6. The Labute approximate surface area is 287 Å². The fraction of sp³-hybridized carbons (Fsp3) is 0.448. The fourth-order valence-corrected chi connectivity index (χ4v) is 6.59. The number of methoxy groups -OCH3 is 1. The molecule has 6 atom stereocenters. The zero-order valence-electron chi connectivity index (χ0n) is 27.2. The predicted molar refractivity (Wildman–Crippen MR) is 163 cm³/mol. The van der Waals surface area contributed by atoms with Crippen LogP contribution in [0.1, 0.15) is 32.8 Å². The van der Waals surface area contributed by atoms with E-state index in [1.54, 1.807) is 0 Å². The molecule has 3 rings (SSSR count). The van der Waals surface area contributed by atoms with E-state index in [9.17, 15) is 46.5 Å². The summed E-state index contributed by atoms with van der Waals surface area (Å²) in [6.07, 6.45) is -8.84. The van der Waals surface area contributed by atoms with E-state index in [-0.39, 0.29) is 0 Å². The summed E-state index contributed by atoms with van der Waals surface area (Å²) in [6, 6.07) is 5.14. The molecule has 1 fully saturated rings. The maximum atomic E-state index is 14.7. The van der Waals surface area contributed by atoms with Gasteiger partial charge in [-0.2, -0.15) is 0 Å². The van der Waals surface area contributed by atoms with Crippen molar-refractivity contribution in [3.8, 4) is 0 Å². The van der Waals surface area contributed by atoms with Crippen LogP contribution in [0.2, 0.25) is 0 Å². The molecule has 0 radical (unpaired) electrons. The number of nitrogens with one attached hydrogen (secondary N) is 1. The monoisotopic (exact) mass is 743 g/mol. The molecule has 0 aromatic heterocycles. The van der Waals surface area contributed by atoms with E-state index in [1.807, 2.05) is 0 Å². The van der Waals surface area contributed by atoms with Crippen LogP contribution in [0.15, 0.2) is 52.5 Å². The third-order valence-corrected chi connectivity index (χ3v) is 8.64. The van der Waals surface area contributed by atoms with Crippen molar-refractivity contribution >= 4 is 39.6 Å². The Balaban J connectivity index is 2.33. The van der Waals surface area contributed by atoms with E-state index in [0.29, 0.717) is 0 Å². The van der Waals surface area contributed by atoms with Crippen molar-refractivity contribution in [3.05, 3.63) is 80.2 Å². The molecule has 276 valence electrons. The molecule has 1 heterocycles. The van der Waals surface area contributed by atoms with Crippen LogP contribution in [-0.2, 0) is 64.2 Å². The van der Waals surface area contributed by atoms with Gasteiger partial charge in [-0.15, -0.1) is 0 Å². The topological polar surface area (TPSA) is 262 Å². The molecule has 0 unspecified atom stereocenters. The molecule has 0 saturated carbocycles. The Morgan fingerprint density at radius 3 is 2.35 bits per heavy atom. The van der Waals surface area contributed by atoms with Gasteiger partial charge in [0.15, 0.2) is 22.6 Å². The SMILES string of the molecule is COC(=O)[C@@]1(OCc2cccc(F)c2F)C[C@H](OC(C)=O)[C@@H](NS(=O)(=O)c2ccccc2[N+](=O)[O-])[C@H]([C@H](OC(C)=O)[C@@H](CN=[N+]=[N-])OC(C)=O)O1. The highest BCUT2D eigenvalue weighted by atomic mass is 32.2. The van der Waals surface area contributed by atoms with Crippen LogP contribution in [-0.4, -0.2) is 87.1 Å². The number of esters is 4. The number of rotatable bonds is 15. The number of nitro groups is 1. The van der Waals surface area contributed by atoms with Gasteiger partial charge in [-0.25, -0.2) is 26.7 Å². The number of sulfonamides is 1. The lowest BCUT2D eigenvalue weighted by Crippen LogP contribution is -2.69. The number of nitro benzene ring substituents is 1. The molecule has 19 nitrogen and oxygen atoms in total. The van der Waals surface area contributed by atoms with Crippen LogP contribution >= 0.6 is 0 Å². The van der Waals surface area contributed by atoms with Gasteiger partial charge in [0.2, 0.25) is 10.0 Å². The van der Waals surface area contributed by atoms with Gasteiger partial charge in [0.1, 0.15) is 18.3 Å². The van der Waals surface area contributed by atoms with Crippen LogP contribution in [0.5, 0.6) is 0 Å². The van der Waals surface area contributed by atoms with Crippen molar-refractivity contribution in [1.82, 2.24) is 4.72 Å². The van der Waals surface area contributed by atoms with E-state index >= 15 is 0 Å². The second-order valence-electron chi connectivity index (χ2n) is 10.7. The zero-order valence-corrected chi connectivity index (χ0v) is 28.0. The molecule has 51 heavy (non-hydrogen) atoms. The van der Waals surface area contributed by atoms with E-state index in [4.69, 9.17) is 34.0 Å². The first-order valence-electron chi connectivity index (χ1n) is 14.6. The van der Waals surface area contributed by atoms with Crippen molar-refractivity contribution in [2.75, 3.05) is 13.7 Å². The highest BCUT2D eigenvalue weighted by molar-refractivity contribution is 7.89. The first kappa shape index (κ1) is 40.2. The van der Waals surface area contributed by atoms with E-state index in [2.05, 4.69) is 14.7 Å². The number of hydrogen-bond donors (Lipinski definition) is 1. The largest absolute Gasteiger partial charge is 0.465 e. The van der Waals surface area contributed by atoms with E-state index in [1.165, 1.54) is 12.1 Å². The molecule has 0 amide bonds. The average Bonchev–Trinajstić information content (AvgIpc) is 3.06. The second-order valence-corrected chi connectivity index (χ2v) is 12.4. The number of azide groups is 1. The Bertz CT molecular complexity index is 1820. The number of nitrogens with zero attached hydrogens (tertiary/aromatic N) is 4. The summed E-state index contributed by atoms with van der Waals surface area (Å²) < 4.78 is 91.1. The first-order valence-corrected chi connectivity index (χ1v) is 16.1. The van der Waals surface area contributed by atoms with Crippen LogP contribution in [0, 0.1) is 21.7 Å². The minimum absolute atomic E-state index is 0.445. The summed E-state index contributed by atoms with van der Waals surface area (Å²) in [4.78, 5) is 63.0. The first-order chi connectivity index (χ1) is 24.0. The summed E-state index contributed by atoms with van der Waals surface area (Å²) in [5.74, 6) is -10.1. The zero-order chi connectivity index (χ0) is 38.1. The second kappa shape index (κ2) is 17.1.